The maximum atomic E-state index is 14.4. The van der Waals surface area contributed by atoms with E-state index in [0.29, 0.717) is 16.3 Å². The average molecular weight is 685 g/mol. The van der Waals surface area contributed by atoms with Crippen molar-refractivity contribution in [1.29, 1.82) is 0 Å². The molecule has 0 spiro atoms. The van der Waals surface area contributed by atoms with Crippen molar-refractivity contribution in [3.8, 4) is 11.5 Å². The van der Waals surface area contributed by atoms with Gasteiger partial charge < -0.3 is 19.7 Å². The van der Waals surface area contributed by atoms with Gasteiger partial charge in [-0.3, -0.25) is 13.9 Å². The van der Waals surface area contributed by atoms with E-state index in [2.05, 4.69) is 5.32 Å². The van der Waals surface area contributed by atoms with Crippen LogP contribution in [-0.2, 0) is 32.6 Å². The molecule has 0 aliphatic heterocycles. The minimum absolute atomic E-state index is 0.0429. The van der Waals surface area contributed by atoms with Gasteiger partial charge in [0.05, 0.1) is 34.8 Å². The lowest BCUT2D eigenvalue weighted by Crippen LogP contribution is -2.53. The Morgan fingerprint density at radius 3 is 2.11 bits per heavy atom. The van der Waals surface area contributed by atoms with Crippen LogP contribution < -0.4 is 19.1 Å². The fraction of sp³-hybridized carbons (Fsp3) is 0.235. The number of amides is 2. The number of nitrogens with one attached hydrogen (secondary N) is 1. The van der Waals surface area contributed by atoms with Crippen molar-refractivity contribution in [3.05, 3.63) is 118 Å². The number of sulfonamides is 1. The third-order valence-corrected chi connectivity index (χ3v) is 9.91. The van der Waals surface area contributed by atoms with Crippen LogP contribution in [-0.4, -0.2) is 59.0 Å². The lowest BCUT2D eigenvalue weighted by atomic mass is 10.0. The van der Waals surface area contributed by atoms with Crippen LogP contribution in [0.3, 0.4) is 0 Å². The van der Waals surface area contributed by atoms with Crippen LogP contribution in [0.2, 0.25) is 10.0 Å². The topological polar surface area (TPSA) is 105 Å². The number of halogens is 2. The molecule has 9 nitrogen and oxygen atoms in total. The number of aryl methyl sites for hydroxylation is 1. The summed E-state index contributed by atoms with van der Waals surface area (Å²) in [6, 6.07) is 24.2. The fourth-order valence-corrected chi connectivity index (χ4v) is 6.65. The molecule has 1 atom stereocenters. The first-order valence-corrected chi connectivity index (χ1v) is 16.5. The molecule has 0 radical (unpaired) electrons. The van der Waals surface area contributed by atoms with Crippen molar-refractivity contribution in [3.63, 3.8) is 0 Å². The van der Waals surface area contributed by atoms with E-state index in [0.717, 1.165) is 15.4 Å². The van der Waals surface area contributed by atoms with Crippen LogP contribution in [0.4, 0.5) is 5.69 Å². The van der Waals surface area contributed by atoms with Crippen molar-refractivity contribution in [2.75, 3.05) is 32.1 Å². The Bertz CT molecular complexity index is 1790. The Kier molecular flexibility index (Phi) is 11.6. The zero-order valence-electron chi connectivity index (χ0n) is 25.9. The average Bonchev–Trinajstić information content (AvgIpc) is 3.06. The zero-order chi connectivity index (χ0) is 33.4. The van der Waals surface area contributed by atoms with Crippen LogP contribution in [0.1, 0.15) is 16.7 Å². The Hall–Kier alpha value is -4.25. The number of hydrogen-bond acceptors (Lipinski definition) is 6. The van der Waals surface area contributed by atoms with E-state index in [-0.39, 0.29) is 34.3 Å². The molecule has 242 valence electrons. The van der Waals surface area contributed by atoms with Crippen molar-refractivity contribution < 1.29 is 27.5 Å². The van der Waals surface area contributed by atoms with Crippen molar-refractivity contribution in [2.45, 2.75) is 30.8 Å². The Morgan fingerprint density at radius 2 is 1.50 bits per heavy atom. The third kappa shape index (κ3) is 8.12. The number of carbonyl (C=O) groups excluding carboxylic acids is 2. The lowest BCUT2D eigenvalue weighted by molar-refractivity contribution is -0.139. The van der Waals surface area contributed by atoms with Gasteiger partial charge in [0.15, 0.2) is 11.5 Å². The van der Waals surface area contributed by atoms with Gasteiger partial charge in [0, 0.05) is 26.1 Å². The number of methoxy groups -OCH3 is 2. The van der Waals surface area contributed by atoms with Gasteiger partial charge in [-0.15, -0.1) is 0 Å². The van der Waals surface area contributed by atoms with E-state index in [9.17, 15) is 18.0 Å². The van der Waals surface area contributed by atoms with E-state index in [1.165, 1.54) is 44.4 Å². The van der Waals surface area contributed by atoms with Gasteiger partial charge in [-0.2, -0.15) is 0 Å². The van der Waals surface area contributed by atoms with Crippen LogP contribution in [0.15, 0.2) is 95.9 Å². The summed E-state index contributed by atoms with van der Waals surface area (Å²) in [6.07, 6.45) is 0.181. The predicted molar refractivity (Wildman–Crippen MR) is 180 cm³/mol. The van der Waals surface area contributed by atoms with E-state index in [4.69, 9.17) is 32.7 Å². The van der Waals surface area contributed by atoms with Crippen LogP contribution in [0.5, 0.6) is 11.5 Å². The van der Waals surface area contributed by atoms with Crippen LogP contribution in [0.25, 0.3) is 0 Å². The van der Waals surface area contributed by atoms with Crippen LogP contribution in [0, 0.1) is 6.92 Å². The first-order chi connectivity index (χ1) is 22.0. The highest BCUT2D eigenvalue weighted by molar-refractivity contribution is 7.92. The molecule has 4 rings (SSSR count). The van der Waals surface area contributed by atoms with Gasteiger partial charge in [-0.05, 0) is 54.4 Å². The highest BCUT2D eigenvalue weighted by Crippen LogP contribution is 2.33. The molecule has 0 heterocycles. The molecule has 0 bridgehead atoms. The van der Waals surface area contributed by atoms with E-state index >= 15 is 0 Å². The second-order valence-corrected chi connectivity index (χ2v) is 13.1. The highest BCUT2D eigenvalue weighted by atomic mass is 35.5. The lowest BCUT2D eigenvalue weighted by Gasteiger charge is -2.33. The summed E-state index contributed by atoms with van der Waals surface area (Å²) in [6.45, 7) is 1.22. The molecule has 2 amide bonds. The molecule has 0 aliphatic rings. The molecule has 46 heavy (non-hydrogen) atoms. The molecule has 0 fully saturated rings. The van der Waals surface area contributed by atoms with Gasteiger partial charge in [-0.1, -0.05) is 77.3 Å². The second-order valence-electron chi connectivity index (χ2n) is 10.5. The molecule has 0 saturated carbocycles. The summed E-state index contributed by atoms with van der Waals surface area (Å²) in [4.78, 5) is 29.1. The van der Waals surface area contributed by atoms with Gasteiger partial charge in [0.25, 0.3) is 10.0 Å². The maximum absolute atomic E-state index is 14.4. The third-order valence-electron chi connectivity index (χ3n) is 7.40. The number of rotatable bonds is 13. The minimum Gasteiger partial charge on any atom is -0.493 e. The summed E-state index contributed by atoms with van der Waals surface area (Å²) in [7, 11) is 0.00413. The summed E-state index contributed by atoms with van der Waals surface area (Å²) < 4.78 is 40.2. The predicted octanol–water partition coefficient (Wildman–Crippen LogP) is 5.90. The molecule has 0 aliphatic carbocycles. The SMILES string of the molecule is CNC(=O)[C@H](Cc1ccccc1)N(Cc1ccc(Cl)c(Cl)c1)C(=O)CN(c1ccc(C)cc1)S(=O)(=O)c1ccc(OC)c(OC)c1. The molecule has 0 aromatic heterocycles. The normalized spacial score (nSPS) is 11.8. The summed E-state index contributed by atoms with van der Waals surface area (Å²) in [5.74, 6) is -0.466. The smallest absolute Gasteiger partial charge is 0.264 e. The summed E-state index contributed by atoms with van der Waals surface area (Å²) in [5, 5.41) is 3.28. The highest BCUT2D eigenvalue weighted by Gasteiger charge is 2.34. The Balaban J connectivity index is 1.82. The fourth-order valence-electron chi connectivity index (χ4n) is 4.90. The van der Waals surface area contributed by atoms with E-state index in [1.807, 2.05) is 37.3 Å². The summed E-state index contributed by atoms with van der Waals surface area (Å²) >= 11 is 12.5. The first-order valence-electron chi connectivity index (χ1n) is 14.3. The number of carbonyl (C=O) groups is 2. The molecular formula is C34H35Cl2N3O6S. The van der Waals surface area contributed by atoms with Gasteiger partial charge >= 0.3 is 0 Å². The largest absolute Gasteiger partial charge is 0.493 e. The van der Waals surface area contributed by atoms with Gasteiger partial charge in [0.1, 0.15) is 12.6 Å². The monoisotopic (exact) mass is 683 g/mol. The Morgan fingerprint density at radius 1 is 0.826 bits per heavy atom. The molecule has 0 saturated heterocycles. The van der Waals surface area contributed by atoms with E-state index < -0.39 is 34.4 Å². The number of benzene rings is 4. The quantitative estimate of drug-likeness (QED) is 0.188. The molecular weight excluding hydrogens is 649 g/mol. The number of hydrogen-bond donors (Lipinski definition) is 1. The number of nitrogens with zero attached hydrogens (tertiary/aromatic N) is 2. The van der Waals surface area contributed by atoms with Crippen molar-refractivity contribution in [2.24, 2.45) is 0 Å². The maximum Gasteiger partial charge on any atom is 0.264 e. The number of ether oxygens (including phenoxy) is 2. The number of likely N-dealkylation sites (N-methyl/N-ethyl adjacent to an activating group) is 1. The van der Waals surface area contributed by atoms with Gasteiger partial charge in [-0.25, -0.2) is 8.42 Å². The number of anilines is 1. The standard InChI is InChI=1S/C34H35Cl2N3O6S/c1-23-10-13-26(14-11-23)39(46(42,43)27-15-17-31(44-3)32(20-27)45-4)22-33(40)38(21-25-12-16-28(35)29(36)18-25)30(34(41)37-2)19-24-8-6-5-7-9-24/h5-18,20,30H,19,21-22H2,1-4H3,(H,37,41)/t30-/m0/s1. The second kappa shape index (κ2) is 15.4. The molecule has 4 aromatic rings. The van der Waals surface area contributed by atoms with Crippen molar-refractivity contribution in [1.82, 2.24) is 10.2 Å². The van der Waals surface area contributed by atoms with E-state index in [1.54, 1.807) is 42.5 Å². The van der Waals surface area contributed by atoms with Crippen molar-refractivity contribution >= 4 is 50.7 Å². The minimum atomic E-state index is -4.34. The first kappa shape index (κ1) is 34.6. The zero-order valence-corrected chi connectivity index (χ0v) is 28.2. The summed E-state index contributed by atoms with van der Waals surface area (Å²) in [5.41, 5.74) is 2.59. The molecule has 12 heteroatoms. The molecule has 0 unspecified atom stereocenters. The molecule has 1 N–H and O–H groups in total. The Labute approximate surface area is 279 Å². The molecule has 4 aromatic carbocycles. The van der Waals surface area contributed by atoms with Crippen LogP contribution >= 0.6 is 23.2 Å². The van der Waals surface area contributed by atoms with Gasteiger partial charge in [0.2, 0.25) is 11.8 Å².